The van der Waals surface area contributed by atoms with Crippen LogP contribution in [0.15, 0.2) is 24.3 Å². The number of anilines is 1. The van der Waals surface area contributed by atoms with E-state index in [1.807, 2.05) is 24.3 Å². The van der Waals surface area contributed by atoms with Crippen molar-refractivity contribution in [3.8, 4) is 5.75 Å². The Morgan fingerprint density at radius 1 is 1.29 bits per heavy atom. The standard InChI is InChI=1S/C16H27N3OS/c1-13(2)12-19(10-9-18(3)4)16(21)17-14-7-6-8-15(11-14)20-5/h6-8,11,13H,9-10,12H2,1-5H3,(H,17,21). The van der Waals surface area contributed by atoms with E-state index >= 15 is 0 Å². The monoisotopic (exact) mass is 309 g/mol. The lowest BCUT2D eigenvalue weighted by molar-refractivity contribution is 0.310. The van der Waals surface area contributed by atoms with Crippen LogP contribution in [0, 0.1) is 5.92 Å². The van der Waals surface area contributed by atoms with Crippen molar-refractivity contribution in [2.45, 2.75) is 13.8 Å². The molecule has 1 aromatic carbocycles. The predicted molar refractivity (Wildman–Crippen MR) is 94.2 cm³/mol. The van der Waals surface area contributed by atoms with Crippen molar-refractivity contribution >= 4 is 23.0 Å². The van der Waals surface area contributed by atoms with Crippen LogP contribution in [-0.2, 0) is 0 Å². The first-order valence-electron chi connectivity index (χ1n) is 7.27. The minimum Gasteiger partial charge on any atom is -0.497 e. The summed E-state index contributed by atoms with van der Waals surface area (Å²) < 4.78 is 5.24. The van der Waals surface area contributed by atoms with Gasteiger partial charge in [0, 0.05) is 31.4 Å². The molecule has 118 valence electrons. The van der Waals surface area contributed by atoms with E-state index in [0.29, 0.717) is 5.92 Å². The maximum absolute atomic E-state index is 5.56. The molecule has 0 saturated carbocycles. The molecule has 0 aliphatic heterocycles. The Hall–Kier alpha value is -1.33. The number of ether oxygens (including phenoxy) is 1. The van der Waals surface area contributed by atoms with Gasteiger partial charge in [-0.15, -0.1) is 0 Å². The first kappa shape index (κ1) is 17.7. The zero-order valence-corrected chi connectivity index (χ0v) is 14.5. The molecular weight excluding hydrogens is 282 g/mol. The summed E-state index contributed by atoms with van der Waals surface area (Å²) in [5.41, 5.74) is 0.956. The van der Waals surface area contributed by atoms with Crippen molar-refractivity contribution in [3.05, 3.63) is 24.3 Å². The van der Waals surface area contributed by atoms with Crippen LogP contribution in [0.3, 0.4) is 0 Å². The largest absolute Gasteiger partial charge is 0.497 e. The number of methoxy groups -OCH3 is 1. The molecule has 4 nitrogen and oxygen atoms in total. The van der Waals surface area contributed by atoms with Gasteiger partial charge in [0.15, 0.2) is 5.11 Å². The van der Waals surface area contributed by atoms with Gasteiger partial charge in [-0.3, -0.25) is 0 Å². The molecule has 0 fully saturated rings. The lowest BCUT2D eigenvalue weighted by Gasteiger charge is -2.28. The topological polar surface area (TPSA) is 27.7 Å². The van der Waals surface area contributed by atoms with E-state index in [-0.39, 0.29) is 0 Å². The summed E-state index contributed by atoms with van der Waals surface area (Å²) in [4.78, 5) is 4.39. The Labute approximate surface area is 134 Å². The third-order valence-corrected chi connectivity index (χ3v) is 3.37. The van der Waals surface area contributed by atoms with Crippen molar-refractivity contribution in [1.82, 2.24) is 9.80 Å². The molecule has 21 heavy (non-hydrogen) atoms. The van der Waals surface area contributed by atoms with Crippen molar-refractivity contribution < 1.29 is 4.74 Å². The Morgan fingerprint density at radius 3 is 2.57 bits per heavy atom. The average Bonchev–Trinajstić information content (AvgIpc) is 2.43. The molecule has 0 radical (unpaired) electrons. The summed E-state index contributed by atoms with van der Waals surface area (Å²) in [6.45, 7) is 7.25. The minimum absolute atomic E-state index is 0.567. The minimum atomic E-state index is 0.567. The van der Waals surface area contributed by atoms with Gasteiger partial charge in [0.05, 0.1) is 7.11 Å². The summed E-state index contributed by atoms with van der Waals surface area (Å²) in [5.74, 6) is 1.39. The smallest absolute Gasteiger partial charge is 0.173 e. The van der Waals surface area contributed by atoms with Gasteiger partial charge in [-0.05, 0) is 44.4 Å². The van der Waals surface area contributed by atoms with E-state index in [1.165, 1.54) is 0 Å². The van der Waals surface area contributed by atoms with E-state index < -0.39 is 0 Å². The predicted octanol–water partition coefficient (Wildman–Crippen LogP) is 2.91. The van der Waals surface area contributed by atoms with E-state index in [1.54, 1.807) is 7.11 Å². The zero-order chi connectivity index (χ0) is 15.8. The quantitative estimate of drug-likeness (QED) is 0.782. The SMILES string of the molecule is COc1cccc(NC(=S)N(CCN(C)C)CC(C)C)c1. The third-order valence-electron chi connectivity index (χ3n) is 3.01. The number of hydrogen-bond donors (Lipinski definition) is 1. The fraction of sp³-hybridized carbons (Fsp3) is 0.562. The van der Waals surface area contributed by atoms with E-state index in [4.69, 9.17) is 17.0 Å². The number of likely N-dealkylation sites (N-methyl/N-ethyl adjacent to an activating group) is 1. The molecule has 5 heteroatoms. The van der Waals surface area contributed by atoms with Crippen LogP contribution in [0.4, 0.5) is 5.69 Å². The fourth-order valence-electron chi connectivity index (χ4n) is 1.94. The molecule has 0 bridgehead atoms. The average molecular weight is 309 g/mol. The highest BCUT2D eigenvalue weighted by atomic mass is 32.1. The fourth-order valence-corrected chi connectivity index (χ4v) is 2.22. The summed E-state index contributed by atoms with van der Waals surface area (Å²) in [6, 6.07) is 7.82. The highest BCUT2D eigenvalue weighted by Gasteiger charge is 2.12. The molecule has 0 aliphatic rings. The van der Waals surface area contributed by atoms with Gasteiger partial charge >= 0.3 is 0 Å². The van der Waals surface area contributed by atoms with E-state index in [9.17, 15) is 0 Å². The van der Waals surface area contributed by atoms with Crippen LogP contribution in [-0.4, -0.2) is 55.8 Å². The van der Waals surface area contributed by atoms with Gasteiger partial charge in [-0.2, -0.15) is 0 Å². The second kappa shape index (κ2) is 8.85. The number of nitrogens with zero attached hydrogens (tertiary/aromatic N) is 2. The van der Waals surface area contributed by atoms with Crippen molar-refractivity contribution in [3.63, 3.8) is 0 Å². The lowest BCUT2D eigenvalue weighted by Crippen LogP contribution is -2.41. The zero-order valence-electron chi connectivity index (χ0n) is 13.7. The Balaban J connectivity index is 2.69. The number of hydrogen-bond acceptors (Lipinski definition) is 3. The molecule has 1 N–H and O–H groups in total. The number of nitrogens with one attached hydrogen (secondary N) is 1. The first-order chi connectivity index (χ1) is 9.92. The summed E-state index contributed by atoms with van der Waals surface area (Å²) >= 11 is 5.56. The maximum Gasteiger partial charge on any atom is 0.173 e. The normalized spacial score (nSPS) is 10.8. The first-order valence-corrected chi connectivity index (χ1v) is 7.68. The molecule has 0 aliphatic carbocycles. The molecule has 0 aromatic heterocycles. The highest BCUT2D eigenvalue weighted by Crippen LogP contribution is 2.17. The number of benzene rings is 1. The van der Waals surface area contributed by atoms with Crippen LogP contribution >= 0.6 is 12.2 Å². The van der Waals surface area contributed by atoms with E-state index in [0.717, 1.165) is 36.2 Å². The van der Waals surface area contributed by atoms with Gasteiger partial charge in [-0.25, -0.2) is 0 Å². The van der Waals surface area contributed by atoms with Crippen molar-refractivity contribution in [2.75, 3.05) is 46.2 Å². The van der Waals surface area contributed by atoms with Crippen LogP contribution in [0.5, 0.6) is 5.75 Å². The van der Waals surface area contributed by atoms with Gasteiger partial charge < -0.3 is 19.9 Å². The van der Waals surface area contributed by atoms with Crippen LogP contribution in [0.2, 0.25) is 0 Å². The molecule has 0 atom stereocenters. The summed E-state index contributed by atoms with van der Waals surface area (Å²) in [6.07, 6.45) is 0. The Kier molecular flexibility index (Phi) is 7.47. The molecule has 0 heterocycles. The molecule has 0 spiro atoms. The van der Waals surface area contributed by atoms with Crippen LogP contribution < -0.4 is 10.1 Å². The van der Waals surface area contributed by atoms with Crippen LogP contribution in [0.1, 0.15) is 13.8 Å². The molecule has 1 rings (SSSR count). The van der Waals surface area contributed by atoms with Gasteiger partial charge in [0.1, 0.15) is 5.75 Å². The van der Waals surface area contributed by atoms with Gasteiger partial charge in [0.25, 0.3) is 0 Å². The molecule has 0 amide bonds. The molecule has 0 unspecified atom stereocenters. The van der Waals surface area contributed by atoms with E-state index in [2.05, 4.69) is 43.1 Å². The van der Waals surface area contributed by atoms with Crippen molar-refractivity contribution in [1.29, 1.82) is 0 Å². The summed E-state index contributed by atoms with van der Waals surface area (Å²) in [7, 11) is 5.82. The second-order valence-electron chi connectivity index (χ2n) is 5.81. The lowest BCUT2D eigenvalue weighted by atomic mass is 10.2. The summed E-state index contributed by atoms with van der Waals surface area (Å²) in [5, 5.41) is 4.07. The second-order valence-corrected chi connectivity index (χ2v) is 6.19. The number of rotatable bonds is 7. The van der Waals surface area contributed by atoms with Crippen LogP contribution in [0.25, 0.3) is 0 Å². The van der Waals surface area contributed by atoms with Gasteiger partial charge in [0.2, 0.25) is 0 Å². The van der Waals surface area contributed by atoms with Gasteiger partial charge in [-0.1, -0.05) is 19.9 Å². The number of thiocarbonyl (C=S) groups is 1. The Morgan fingerprint density at radius 2 is 2.00 bits per heavy atom. The molecule has 1 aromatic rings. The Bertz CT molecular complexity index is 449. The maximum atomic E-state index is 5.56. The molecular formula is C16H27N3OS. The highest BCUT2D eigenvalue weighted by molar-refractivity contribution is 7.80. The van der Waals surface area contributed by atoms with Crippen molar-refractivity contribution in [2.24, 2.45) is 5.92 Å². The molecule has 0 saturated heterocycles. The third kappa shape index (κ3) is 6.78.